The van der Waals surface area contributed by atoms with Crippen LogP contribution in [0.5, 0.6) is 0 Å². The first-order valence-electron chi connectivity index (χ1n) is 22.2. The summed E-state index contributed by atoms with van der Waals surface area (Å²) in [5.41, 5.74) is 19.0. The number of nitrogens with zero attached hydrogens (tertiary/aromatic N) is 2. The highest BCUT2D eigenvalue weighted by Gasteiger charge is 2.28. The summed E-state index contributed by atoms with van der Waals surface area (Å²) in [6.07, 6.45) is 0. The molecule has 0 aliphatic rings. The van der Waals surface area contributed by atoms with Gasteiger partial charge < -0.3 is 0 Å². The Morgan fingerprint density at radius 3 is 0.910 bits per heavy atom. The van der Waals surface area contributed by atoms with Crippen LogP contribution in [0.3, 0.4) is 0 Å². The van der Waals surface area contributed by atoms with Crippen LogP contribution in [-0.2, 0) is 0 Å². The van der Waals surface area contributed by atoms with Gasteiger partial charge in [0.2, 0.25) is 0 Å². The number of hydrogen-bond donors (Lipinski definition) is 0. The van der Waals surface area contributed by atoms with Crippen LogP contribution in [0, 0.1) is 13.8 Å². The Balaban J connectivity index is 1.04. The lowest BCUT2D eigenvalue weighted by Gasteiger charge is -2.10. The van der Waals surface area contributed by atoms with E-state index in [4.69, 9.17) is 8.75 Å². The SMILES string of the molecule is Cc1sc(-c2sc(-c3ccc(-c4cc(-c5ccccc5)c(-c5sc(C)c(-c6ccccc6)c5-c5ccccc5)s4)c4nsnc34)cc2-c2ccccc2)c(-c2ccccc2)c1-c1ccccc1. The van der Waals surface area contributed by atoms with E-state index in [0.717, 1.165) is 22.2 Å². The Labute approximate surface area is 410 Å². The van der Waals surface area contributed by atoms with Crippen molar-refractivity contribution in [3.8, 4) is 107 Å². The fourth-order valence-electron chi connectivity index (χ4n) is 9.39. The van der Waals surface area contributed by atoms with E-state index >= 15 is 0 Å². The smallest absolute Gasteiger partial charge is 0.114 e. The third-order valence-electron chi connectivity index (χ3n) is 12.4. The fourth-order valence-corrected chi connectivity index (χ4v) is 15.1. The monoisotopic (exact) mass is 948 g/mol. The molecular weight excluding hydrogens is 909 g/mol. The van der Waals surface area contributed by atoms with Crippen LogP contribution in [0.4, 0.5) is 0 Å². The predicted octanol–water partition coefficient (Wildman–Crippen LogP) is 19.2. The number of aryl methyl sites for hydroxylation is 2. The van der Waals surface area contributed by atoms with Crippen LogP contribution in [-0.4, -0.2) is 8.75 Å². The van der Waals surface area contributed by atoms with Gasteiger partial charge in [-0.1, -0.05) is 194 Å². The highest BCUT2D eigenvalue weighted by molar-refractivity contribution is 7.26. The Morgan fingerprint density at radius 2 is 0.582 bits per heavy atom. The molecule has 0 spiro atoms. The molecule has 0 N–H and O–H groups in total. The molecule has 5 aromatic heterocycles. The highest BCUT2D eigenvalue weighted by atomic mass is 32.1. The Morgan fingerprint density at radius 1 is 0.284 bits per heavy atom. The average Bonchev–Trinajstić information content (AvgIpc) is 4.25. The van der Waals surface area contributed by atoms with Gasteiger partial charge in [-0.15, -0.1) is 45.3 Å². The molecule has 0 saturated heterocycles. The quantitative estimate of drug-likeness (QED) is 0.137. The van der Waals surface area contributed by atoms with Crippen LogP contribution in [0.2, 0.25) is 0 Å². The lowest BCUT2D eigenvalue weighted by Crippen LogP contribution is -1.85. The third kappa shape index (κ3) is 7.54. The molecule has 12 aromatic rings. The van der Waals surface area contributed by atoms with Crippen molar-refractivity contribution in [3.05, 3.63) is 216 Å². The second kappa shape index (κ2) is 17.8. The number of hydrogen-bond acceptors (Lipinski definition) is 7. The summed E-state index contributed by atoms with van der Waals surface area (Å²) >= 11 is 8.80. The molecule has 5 heterocycles. The van der Waals surface area contributed by atoms with Gasteiger partial charge in [0.15, 0.2) is 0 Å². The van der Waals surface area contributed by atoms with Gasteiger partial charge >= 0.3 is 0 Å². The normalized spacial score (nSPS) is 11.4. The minimum absolute atomic E-state index is 0.935. The minimum Gasteiger partial charge on any atom is -0.172 e. The standard InChI is InChI=1S/C60H40N2S5/c1-37-51(41-25-13-5-14-26-41)53(43-29-17-7-18-30-43)59(63-37)57-47(39-21-9-3-10-22-39)35-49(65-57)45-33-34-46(56-55(45)61-67-62-56)50-36-48(40-23-11-4-12-24-40)58(66-50)60-54(44-31-19-8-20-32-44)52(38(2)64-60)42-27-15-6-16-28-42/h3-36H,1-2H3. The molecule has 2 nitrogen and oxygen atoms in total. The molecule has 67 heavy (non-hydrogen) atoms. The van der Waals surface area contributed by atoms with E-state index in [1.165, 1.54) is 118 Å². The van der Waals surface area contributed by atoms with Crippen molar-refractivity contribution in [2.24, 2.45) is 0 Å². The predicted molar refractivity (Wildman–Crippen MR) is 293 cm³/mol. The Kier molecular flexibility index (Phi) is 11.0. The summed E-state index contributed by atoms with van der Waals surface area (Å²) in [6, 6.07) is 74.6. The Bertz CT molecular complexity index is 3430. The van der Waals surface area contributed by atoms with Gasteiger partial charge in [0.25, 0.3) is 0 Å². The van der Waals surface area contributed by atoms with Crippen LogP contribution in [0.25, 0.3) is 118 Å². The first-order chi connectivity index (χ1) is 33.1. The summed E-state index contributed by atoms with van der Waals surface area (Å²) in [5, 5.41) is 0. The molecule has 0 radical (unpaired) electrons. The summed E-state index contributed by atoms with van der Waals surface area (Å²) in [7, 11) is 0. The van der Waals surface area contributed by atoms with Crippen LogP contribution in [0.1, 0.15) is 9.75 Å². The lowest BCUT2D eigenvalue weighted by atomic mass is 9.93. The summed E-state index contributed by atoms with van der Waals surface area (Å²) in [6.45, 7) is 4.54. The van der Waals surface area contributed by atoms with Crippen molar-refractivity contribution in [2.75, 3.05) is 0 Å². The van der Waals surface area contributed by atoms with Gasteiger partial charge in [0.1, 0.15) is 11.0 Å². The maximum Gasteiger partial charge on any atom is 0.114 e. The second-order valence-corrected chi connectivity index (χ2v) is 21.6. The molecule has 320 valence electrons. The van der Waals surface area contributed by atoms with Gasteiger partial charge in [-0.3, -0.25) is 0 Å². The Hall–Kier alpha value is -6.84. The number of benzene rings is 7. The largest absolute Gasteiger partial charge is 0.172 e. The van der Waals surface area contributed by atoms with Crippen LogP contribution < -0.4 is 0 Å². The van der Waals surface area contributed by atoms with Crippen molar-refractivity contribution in [3.63, 3.8) is 0 Å². The van der Waals surface area contributed by atoms with E-state index in [-0.39, 0.29) is 0 Å². The zero-order valence-electron chi connectivity index (χ0n) is 36.6. The molecular formula is C60H40N2S5. The zero-order valence-corrected chi connectivity index (χ0v) is 40.6. The topological polar surface area (TPSA) is 25.8 Å². The molecule has 0 saturated carbocycles. The molecule has 0 aliphatic heterocycles. The number of aromatic nitrogens is 2. The number of fused-ring (bicyclic) bond motifs is 1. The molecule has 0 amide bonds. The zero-order chi connectivity index (χ0) is 44.8. The van der Waals surface area contributed by atoms with E-state index in [1.807, 2.05) is 45.3 Å². The first kappa shape index (κ1) is 41.6. The fraction of sp³-hybridized carbons (Fsp3) is 0.0333. The van der Waals surface area contributed by atoms with Crippen molar-refractivity contribution >= 4 is 68.1 Å². The molecule has 12 rings (SSSR count). The average molecular weight is 949 g/mol. The van der Waals surface area contributed by atoms with Crippen LogP contribution >= 0.6 is 57.1 Å². The summed E-state index contributed by atoms with van der Waals surface area (Å²) in [5.74, 6) is 0. The maximum absolute atomic E-state index is 5.08. The molecule has 7 aromatic carbocycles. The van der Waals surface area contributed by atoms with Gasteiger partial charge in [-0.25, -0.2) is 0 Å². The number of rotatable bonds is 10. The van der Waals surface area contributed by atoms with Crippen molar-refractivity contribution in [2.45, 2.75) is 13.8 Å². The maximum atomic E-state index is 5.08. The molecule has 0 aliphatic carbocycles. The summed E-state index contributed by atoms with van der Waals surface area (Å²) < 4.78 is 10.2. The highest BCUT2D eigenvalue weighted by Crippen LogP contribution is 2.56. The number of thiophene rings is 4. The van der Waals surface area contributed by atoms with E-state index in [2.05, 4.69) is 220 Å². The van der Waals surface area contributed by atoms with Gasteiger partial charge in [-0.2, -0.15) is 8.75 Å². The molecule has 0 fully saturated rings. The summed E-state index contributed by atoms with van der Waals surface area (Å²) in [4.78, 5) is 10.1. The molecule has 0 atom stereocenters. The van der Waals surface area contributed by atoms with Crippen molar-refractivity contribution < 1.29 is 0 Å². The van der Waals surface area contributed by atoms with Crippen molar-refractivity contribution in [1.82, 2.24) is 8.75 Å². The van der Waals surface area contributed by atoms with Gasteiger partial charge in [0, 0.05) is 64.0 Å². The van der Waals surface area contributed by atoms with Crippen molar-refractivity contribution in [1.29, 1.82) is 0 Å². The molecule has 0 bridgehead atoms. The third-order valence-corrected chi connectivity index (χ3v) is 17.8. The molecule has 7 heteroatoms. The minimum atomic E-state index is 0.935. The van der Waals surface area contributed by atoms with Crippen LogP contribution in [0.15, 0.2) is 206 Å². The van der Waals surface area contributed by atoms with Gasteiger partial charge in [0.05, 0.1) is 31.2 Å². The van der Waals surface area contributed by atoms with E-state index in [1.54, 1.807) is 0 Å². The van der Waals surface area contributed by atoms with Gasteiger partial charge in [-0.05, 0) is 59.4 Å². The van der Waals surface area contributed by atoms with E-state index < -0.39 is 0 Å². The lowest BCUT2D eigenvalue weighted by molar-refractivity contribution is 1.57. The van der Waals surface area contributed by atoms with E-state index in [0.29, 0.717) is 0 Å². The van der Waals surface area contributed by atoms with E-state index in [9.17, 15) is 0 Å². The molecule has 0 unspecified atom stereocenters. The first-order valence-corrected chi connectivity index (χ1v) is 26.2. The second-order valence-electron chi connectivity index (χ2n) is 16.5.